The van der Waals surface area contributed by atoms with E-state index in [1.807, 2.05) is 20.8 Å². The highest BCUT2D eigenvalue weighted by molar-refractivity contribution is 9.11. The minimum atomic E-state index is -3.35. The summed E-state index contributed by atoms with van der Waals surface area (Å²) in [6.45, 7) is 6.98. The van der Waals surface area contributed by atoms with Gasteiger partial charge in [0.25, 0.3) is 10.0 Å². The molecule has 1 N–H and O–H groups in total. The first-order chi connectivity index (χ1) is 8.30. The van der Waals surface area contributed by atoms with Gasteiger partial charge in [-0.1, -0.05) is 0 Å². The molecule has 0 radical (unpaired) electrons. The number of nitrogens with zero attached hydrogens (tertiary/aromatic N) is 1. The minimum Gasteiger partial charge on any atom is -0.309 e. The van der Waals surface area contributed by atoms with E-state index in [4.69, 9.17) is 0 Å². The molecule has 2 atom stereocenters. The molecule has 1 saturated heterocycles. The molecule has 2 unspecified atom stereocenters. The number of piperazine rings is 1. The maximum atomic E-state index is 12.5. The maximum absolute atomic E-state index is 12.5. The van der Waals surface area contributed by atoms with Gasteiger partial charge in [0.05, 0.1) is 3.79 Å². The van der Waals surface area contributed by atoms with Crippen molar-refractivity contribution >= 4 is 37.3 Å². The van der Waals surface area contributed by atoms with Gasteiger partial charge < -0.3 is 5.32 Å². The van der Waals surface area contributed by atoms with E-state index in [0.29, 0.717) is 17.3 Å². The lowest BCUT2D eigenvalue weighted by Crippen LogP contribution is -2.55. The number of sulfonamides is 1. The van der Waals surface area contributed by atoms with Crippen molar-refractivity contribution in [3.63, 3.8) is 0 Å². The van der Waals surface area contributed by atoms with E-state index in [1.165, 1.54) is 11.3 Å². The normalized spacial score (nSPS) is 26.4. The van der Waals surface area contributed by atoms with Crippen molar-refractivity contribution in [3.05, 3.63) is 15.4 Å². The van der Waals surface area contributed by atoms with E-state index >= 15 is 0 Å². The van der Waals surface area contributed by atoms with Crippen molar-refractivity contribution in [2.75, 3.05) is 13.1 Å². The fraction of sp³-hybridized carbons (Fsp3) is 0.636. The zero-order valence-corrected chi connectivity index (χ0v) is 13.8. The van der Waals surface area contributed by atoms with E-state index in [-0.39, 0.29) is 12.1 Å². The number of halogens is 1. The van der Waals surface area contributed by atoms with Crippen LogP contribution in [0, 0.1) is 6.92 Å². The first-order valence-corrected chi connectivity index (χ1v) is 8.88. The fourth-order valence-electron chi connectivity index (χ4n) is 2.16. The van der Waals surface area contributed by atoms with Crippen molar-refractivity contribution in [2.24, 2.45) is 0 Å². The van der Waals surface area contributed by atoms with Crippen molar-refractivity contribution in [2.45, 2.75) is 37.1 Å². The summed E-state index contributed by atoms with van der Waals surface area (Å²) in [4.78, 5) is 0. The molecule has 0 aliphatic carbocycles. The van der Waals surface area contributed by atoms with Gasteiger partial charge in [0, 0.05) is 25.2 Å². The molecule has 1 aromatic rings. The SMILES string of the molecule is Cc1cc(S(=O)(=O)N2CC(C)NC(C)C2)sc1Br. The van der Waals surface area contributed by atoms with Crippen molar-refractivity contribution in [1.29, 1.82) is 0 Å². The highest BCUT2D eigenvalue weighted by Crippen LogP contribution is 2.32. The largest absolute Gasteiger partial charge is 0.309 e. The van der Waals surface area contributed by atoms with Crippen LogP contribution in [0.1, 0.15) is 19.4 Å². The quantitative estimate of drug-likeness (QED) is 0.887. The molecule has 1 aliphatic rings. The topological polar surface area (TPSA) is 49.4 Å². The maximum Gasteiger partial charge on any atom is 0.252 e. The summed E-state index contributed by atoms with van der Waals surface area (Å²) < 4.78 is 28.0. The van der Waals surface area contributed by atoms with Gasteiger partial charge in [-0.2, -0.15) is 4.31 Å². The lowest BCUT2D eigenvalue weighted by Gasteiger charge is -2.34. The van der Waals surface area contributed by atoms with Crippen LogP contribution >= 0.6 is 27.3 Å². The van der Waals surface area contributed by atoms with E-state index in [9.17, 15) is 8.42 Å². The third kappa shape index (κ3) is 2.80. The molecule has 2 heterocycles. The Morgan fingerprint density at radius 3 is 2.39 bits per heavy atom. The van der Waals surface area contributed by atoms with E-state index in [2.05, 4.69) is 21.2 Å². The number of nitrogens with one attached hydrogen (secondary N) is 1. The van der Waals surface area contributed by atoms with Gasteiger partial charge in [0.2, 0.25) is 0 Å². The van der Waals surface area contributed by atoms with Gasteiger partial charge in [-0.15, -0.1) is 11.3 Å². The Hall–Kier alpha value is 0.0500. The number of thiophene rings is 1. The molecule has 0 bridgehead atoms. The summed E-state index contributed by atoms with van der Waals surface area (Å²) in [5, 5.41) is 3.34. The number of rotatable bonds is 2. The summed E-state index contributed by atoms with van der Waals surface area (Å²) in [5.41, 5.74) is 0.967. The van der Waals surface area contributed by atoms with Gasteiger partial charge in [-0.05, 0) is 48.3 Å². The second kappa shape index (κ2) is 5.20. The molecule has 0 amide bonds. The van der Waals surface area contributed by atoms with Gasteiger partial charge in [0.15, 0.2) is 0 Å². The van der Waals surface area contributed by atoms with Crippen LogP contribution in [0.2, 0.25) is 0 Å². The monoisotopic (exact) mass is 352 g/mol. The van der Waals surface area contributed by atoms with Crippen LogP contribution in [0.15, 0.2) is 14.1 Å². The van der Waals surface area contributed by atoms with E-state index < -0.39 is 10.0 Å². The van der Waals surface area contributed by atoms with Crippen LogP contribution in [0.4, 0.5) is 0 Å². The Bertz CT molecular complexity index is 512. The lowest BCUT2D eigenvalue weighted by atomic mass is 10.2. The first-order valence-electron chi connectivity index (χ1n) is 5.83. The smallest absolute Gasteiger partial charge is 0.252 e. The molecular formula is C11H17BrN2O2S2. The number of hydrogen-bond donors (Lipinski definition) is 1. The third-order valence-corrected chi connectivity index (χ3v) is 7.37. The Kier molecular flexibility index (Phi) is 4.18. The molecule has 2 rings (SSSR count). The first kappa shape index (κ1) is 14.5. The van der Waals surface area contributed by atoms with Crippen molar-refractivity contribution in [3.8, 4) is 0 Å². The molecule has 7 heteroatoms. The Morgan fingerprint density at radius 2 is 1.94 bits per heavy atom. The van der Waals surface area contributed by atoms with Crippen LogP contribution in [0.3, 0.4) is 0 Å². The van der Waals surface area contributed by atoms with Crippen LogP contribution in [0.5, 0.6) is 0 Å². The number of hydrogen-bond acceptors (Lipinski definition) is 4. The Labute approximate surface area is 121 Å². The zero-order chi connectivity index (χ0) is 13.5. The predicted octanol–water partition coefficient (Wildman–Crippen LogP) is 2.19. The molecule has 0 saturated carbocycles. The van der Waals surface area contributed by atoms with Crippen molar-refractivity contribution in [1.82, 2.24) is 9.62 Å². The zero-order valence-electron chi connectivity index (χ0n) is 10.6. The average Bonchev–Trinajstić information content (AvgIpc) is 2.58. The minimum absolute atomic E-state index is 0.188. The molecule has 4 nitrogen and oxygen atoms in total. The molecule has 18 heavy (non-hydrogen) atoms. The number of aryl methyl sites for hydroxylation is 1. The van der Waals surface area contributed by atoms with Gasteiger partial charge in [0.1, 0.15) is 4.21 Å². The Balaban J connectivity index is 2.30. The molecule has 1 fully saturated rings. The Morgan fingerprint density at radius 1 is 1.39 bits per heavy atom. The molecule has 0 aromatic carbocycles. The van der Waals surface area contributed by atoms with Crippen molar-refractivity contribution < 1.29 is 8.42 Å². The summed E-state index contributed by atoms with van der Waals surface area (Å²) >= 11 is 4.66. The highest BCUT2D eigenvalue weighted by Gasteiger charge is 2.32. The molecule has 0 spiro atoms. The summed E-state index contributed by atoms with van der Waals surface area (Å²) in [6.07, 6.45) is 0. The molecule has 102 valence electrons. The van der Waals surface area contributed by atoms with Crippen LogP contribution in [-0.2, 0) is 10.0 Å². The van der Waals surface area contributed by atoms with Crippen LogP contribution < -0.4 is 5.32 Å². The fourth-order valence-corrected chi connectivity index (χ4v) is 6.16. The predicted molar refractivity (Wildman–Crippen MR) is 77.6 cm³/mol. The molecule has 1 aromatic heterocycles. The molecule has 1 aliphatic heterocycles. The molecular weight excluding hydrogens is 336 g/mol. The average molecular weight is 353 g/mol. The second-order valence-electron chi connectivity index (χ2n) is 4.81. The van der Waals surface area contributed by atoms with E-state index in [1.54, 1.807) is 10.4 Å². The second-order valence-corrected chi connectivity index (χ2v) is 9.35. The van der Waals surface area contributed by atoms with Crippen LogP contribution in [0.25, 0.3) is 0 Å². The van der Waals surface area contributed by atoms with Crippen LogP contribution in [-0.4, -0.2) is 37.9 Å². The summed E-state index contributed by atoms with van der Waals surface area (Å²) in [6, 6.07) is 2.11. The standard InChI is InChI=1S/C11H17BrN2O2S2/c1-7-4-10(17-11(7)12)18(15,16)14-5-8(2)13-9(3)6-14/h4,8-9,13H,5-6H2,1-3H3. The van der Waals surface area contributed by atoms with E-state index in [0.717, 1.165) is 9.35 Å². The highest BCUT2D eigenvalue weighted by atomic mass is 79.9. The lowest BCUT2D eigenvalue weighted by molar-refractivity contribution is 0.263. The summed E-state index contributed by atoms with van der Waals surface area (Å²) in [5.74, 6) is 0. The third-order valence-electron chi connectivity index (χ3n) is 2.95. The van der Waals surface area contributed by atoms with Gasteiger partial charge in [-0.3, -0.25) is 0 Å². The van der Waals surface area contributed by atoms with Gasteiger partial charge >= 0.3 is 0 Å². The van der Waals surface area contributed by atoms with Gasteiger partial charge in [-0.25, -0.2) is 8.42 Å². The summed E-state index contributed by atoms with van der Waals surface area (Å²) in [7, 11) is -3.35.